The van der Waals surface area contributed by atoms with E-state index in [1.165, 1.54) is 17.3 Å². The molecule has 5 heteroatoms. The fourth-order valence-corrected chi connectivity index (χ4v) is 3.13. The first-order valence-electron chi connectivity index (χ1n) is 6.00. The van der Waals surface area contributed by atoms with Gasteiger partial charge in [-0.15, -0.1) is 11.8 Å². The molecule has 102 valence electrons. The fraction of sp³-hybridized carbons (Fsp3) is 0.357. The monoisotopic (exact) mass is 295 g/mol. The average Bonchev–Trinajstić information content (AvgIpc) is 2.38. The summed E-state index contributed by atoms with van der Waals surface area (Å²) in [5.74, 6) is 0.599. The molecule has 1 aliphatic rings. The fourth-order valence-electron chi connectivity index (χ4n) is 1.76. The van der Waals surface area contributed by atoms with Gasteiger partial charge in [0.1, 0.15) is 11.9 Å². The lowest BCUT2D eigenvalue weighted by Crippen LogP contribution is -2.29. The van der Waals surface area contributed by atoms with Crippen LogP contribution in [0.5, 0.6) is 0 Å². The van der Waals surface area contributed by atoms with E-state index in [0.717, 1.165) is 16.3 Å². The molecule has 0 aliphatic carbocycles. The largest absolute Gasteiger partial charge is 0.464 e. The van der Waals surface area contributed by atoms with Gasteiger partial charge in [0.25, 0.3) is 0 Å². The molecule has 0 radical (unpaired) electrons. The predicted octanol–water partition coefficient (Wildman–Crippen LogP) is 3.30. The zero-order chi connectivity index (χ0) is 13.8. The number of thioether (sulfide) groups is 2. The minimum Gasteiger partial charge on any atom is -0.464 e. The van der Waals surface area contributed by atoms with E-state index in [9.17, 15) is 4.79 Å². The van der Waals surface area contributed by atoms with Crippen molar-refractivity contribution >= 4 is 35.2 Å². The highest BCUT2D eigenvalue weighted by Crippen LogP contribution is 2.39. The molecule has 2 rings (SSSR count). The van der Waals surface area contributed by atoms with Gasteiger partial charge in [-0.05, 0) is 30.9 Å². The average molecular weight is 295 g/mol. The van der Waals surface area contributed by atoms with Crippen molar-refractivity contribution < 1.29 is 9.53 Å². The maximum Gasteiger partial charge on any atom is 0.325 e. The SMILES string of the molecule is C=C1Nc2ccc(C)cc2S[C@H]1C(=O)OCCSC. The van der Waals surface area contributed by atoms with E-state index in [1.807, 2.05) is 25.3 Å². The molecular formula is C14H17NO2S2. The second-order valence-electron chi connectivity index (χ2n) is 4.31. The number of hydrogen-bond acceptors (Lipinski definition) is 5. The van der Waals surface area contributed by atoms with Crippen LogP contribution in [0, 0.1) is 6.92 Å². The number of hydrogen-bond donors (Lipinski definition) is 1. The highest BCUT2D eigenvalue weighted by atomic mass is 32.2. The van der Waals surface area contributed by atoms with E-state index >= 15 is 0 Å². The number of aryl methyl sites for hydroxylation is 1. The van der Waals surface area contributed by atoms with Crippen molar-refractivity contribution in [1.29, 1.82) is 0 Å². The Kier molecular flexibility index (Phi) is 4.82. The smallest absolute Gasteiger partial charge is 0.325 e. The molecule has 3 nitrogen and oxygen atoms in total. The third-order valence-electron chi connectivity index (χ3n) is 2.74. The van der Waals surface area contributed by atoms with Crippen molar-refractivity contribution in [3.8, 4) is 0 Å². The molecule has 1 aromatic rings. The lowest BCUT2D eigenvalue weighted by Gasteiger charge is -2.26. The second-order valence-corrected chi connectivity index (χ2v) is 6.44. The van der Waals surface area contributed by atoms with E-state index in [-0.39, 0.29) is 11.2 Å². The number of carbonyl (C=O) groups excluding carboxylic acids is 1. The Labute approximate surface area is 122 Å². The van der Waals surface area contributed by atoms with Gasteiger partial charge in [0, 0.05) is 16.3 Å². The van der Waals surface area contributed by atoms with Crippen LogP contribution in [0.1, 0.15) is 5.56 Å². The van der Waals surface area contributed by atoms with E-state index < -0.39 is 0 Å². The Morgan fingerprint density at radius 2 is 2.37 bits per heavy atom. The first kappa shape index (κ1) is 14.3. The molecule has 1 atom stereocenters. The Morgan fingerprint density at radius 1 is 1.58 bits per heavy atom. The molecule has 0 saturated carbocycles. The van der Waals surface area contributed by atoms with Crippen molar-refractivity contribution in [2.45, 2.75) is 17.1 Å². The molecule has 19 heavy (non-hydrogen) atoms. The lowest BCUT2D eigenvalue weighted by atomic mass is 10.2. The number of nitrogens with one attached hydrogen (secondary N) is 1. The van der Waals surface area contributed by atoms with Crippen LogP contribution in [0.2, 0.25) is 0 Å². The van der Waals surface area contributed by atoms with Gasteiger partial charge >= 0.3 is 5.97 Å². The molecule has 1 heterocycles. The van der Waals surface area contributed by atoms with E-state index in [2.05, 4.69) is 18.0 Å². The van der Waals surface area contributed by atoms with Crippen molar-refractivity contribution in [1.82, 2.24) is 0 Å². The van der Waals surface area contributed by atoms with Crippen molar-refractivity contribution in [3.63, 3.8) is 0 Å². The molecule has 1 aromatic carbocycles. The van der Waals surface area contributed by atoms with Gasteiger partial charge in [-0.1, -0.05) is 12.6 Å². The van der Waals surface area contributed by atoms with Gasteiger partial charge in [-0.2, -0.15) is 11.8 Å². The summed E-state index contributed by atoms with van der Waals surface area (Å²) >= 11 is 3.16. The summed E-state index contributed by atoms with van der Waals surface area (Å²) in [5, 5.41) is 2.82. The Morgan fingerprint density at radius 3 is 3.11 bits per heavy atom. The molecule has 0 amide bonds. The summed E-state index contributed by atoms with van der Waals surface area (Å²) < 4.78 is 5.26. The van der Waals surface area contributed by atoms with Crippen LogP contribution in [0.3, 0.4) is 0 Å². The summed E-state index contributed by atoms with van der Waals surface area (Å²) in [6.07, 6.45) is 1.99. The lowest BCUT2D eigenvalue weighted by molar-refractivity contribution is -0.141. The number of rotatable bonds is 4. The number of anilines is 1. The van der Waals surface area contributed by atoms with Gasteiger partial charge < -0.3 is 10.1 Å². The third-order valence-corrected chi connectivity index (χ3v) is 4.62. The van der Waals surface area contributed by atoms with Gasteiger partial charge in [-0.3, -0.25) is 4.79 Å². The minimum atomic E-state index is -0.365. The number of ether oxygens (including phenoxy) is 1. The maximum absolute atomic E-state index is 12.0. The molecular weight excluding hydrogens is 278 g/mol. The van der Waals surface area contributed by atoms with Gasteiger partial charge in [0.2, 0.25) is 0 Å². The second kappa shape index (κ2) is 6.39. The quantitative estimate of drug-likeness (QED) is 0.681. The molecule has 0 unspecified atom stereocenters. The number of carbonyl (C=O) groups is 1. The van der Waals surface area contributed by atoms with Crippen molar-refractivity contribution in [2.75, 3.05) is 23.9 Å². The Balaban J connectivity index is 2.07. The molecule has 0 fully saturated rings. The summed E-state index contributed by atoms with van der Waals surface area (Å²) in [5.41, 5.74) is 2.87. The molecule has 1 aliphatic heterocycles. The van der Waals surface area contributed by atoms with Crippen LogP contribution in [-0.2, 0) is 9.53 Å². The van der Waals surface area contributed by atoms with Crippen LogP contribution in [0.4, 0.5) is 5.69 Å². The normalized spacial score (nSPS) is 17.6. The van der Waals surface area contributed by atoms with Crippen LogP contribution >= 0.6 is 23.5 Å². The Hall–Kier alpha value is -1.07. The van der Waals surface area contributed by atoms with Crippen LogP contribution < -0.4 is 5.32 Å². The predicted molar refractivity (Wildman–Crippen MR) is 82.9 cm³/mol. The highest BCUT2D eigenvalue weighted by molar-refractivity contribution is 8.01. The summed E-state index contributed by atoms with van der Waals surface area (Å²) in [4.78, 5) is 13.1. The zero-order valence-corrected chi connectivity index (χ0v) is 12.7. The standard InChI is InChI=1S/C14H17NO2S2/c1-9-4-5-11-12(8-9)19-13(10(2)15-11)14(16)17-6-7-18-3/h4-5,8,13,15H,2,6-7H2,1,3H3/t13-/m1/s1. The molecule has 0 bridgehead atoms. The number of benzene rings is 1. The van der Waals surface area contributed by atoms with E-state index in [4.69, 9.17) is 4.74 Å². The van der Waals surface area contributed by atoms with Gasteiger partial charge in [0.05, 0.1) is 5.69 Å². The topological polar surface area (TPSA) is 38.3 Å². The van der Waals surface area contributed by atoms with Crippen LogP contribution in [0.25, 0.3) is 0 Å². The van der Waals surface area contributed by atoms with Gasteiger partial charge in [-0.25, -0.2) is 0 Å². The van der Waals surface area contributed by atoms with Gasteiger partial charge in [0.15, 0.2) is 0 Å². The van der Waals surface area contributed by atoms with Crippen molar-refractivity contribution in [2.24, 2.45) is 0 Å². The number of fused-ring (bicyclic) bond motifs is 1. The first-order valence-corrected chi connectivity index (χ1v) is 8.28. The minimum absolute atomic E-state index is 0.219. The summed E-state index contributed by atoms with van der Waals surface area (Å²) in [7, 11) is 0. The molecule has 1 N–H and O–H groups in total. The third kappa shape index (κ3) is 3.48. The highest BCUT2D eigenvalue weighted by Gasteiger charge is 2.29. The van der Waals surface area contributed by atoms with Crippen molar-refractivity contribution in [3.05, 3.63) is 36.0 Å². The maximum atomic E-state index is 12.0. The first-order chi connectivity index (χ1) is 9.11. The van der Waals surface area contributed by atoms with E-state index in [1.54, 1.807) is 11.8 Å². The zero-order valence-electron chi connectivity index (χ0n) is 11.1. The Bertz CT molecular complexity index is 502. The molecule has 0 saturated heterocycles. The van der Waals surface area contributed by atoms with E-state index in [0.29, 0.717) is 12.3 Å². The van der Waals surface area contributed by atoms with Crippen LogP contribution in [-0.4, -0.2) is 29.8 Å². The van der Waals surface area contributed by atoms with Crippen LogP contribution in [0.15, 0.2) is 35.4 Å². The molecule has 0 aromatic heterocycles. The summed E-state index contributed by atoms with van der Waals surface area (Å²) in [6.45, 7) is 6.42. The molecule has 0 spiro atoms. The summed E-state index contributed by atoms with van der Waals surface area (Å²) in [6, 6.07) is 6.12. The number of esters is 1.